The van der Waals surface area contributed by atoms with Gasteiger partial charge in [-0.1, -0.05) is 36.4 Å². The largest absolute Gasteiger partial charge is 0.486 e. The molecule has 1 unspecified atom stereocenters. The van der Waals surface area contributed by atoms with Crippen molar-refractivity contribution in [3.05, 3.63) is 64.7 Å². The second-order valence-corrected chi connectivity index (χ2v) is 4.78. The van der Waals surface area contributed by atoms with E-state index in [1.807, 2.05) is 57.2 Å². The Morgan fingerprint density at radius 3 is 2.58 bits per heavy atom. The van der Waals surface area contributed by atoms with Crippen molar-refractivity contribution in [3.8, 4) is 5.75 Å². The van der Waals surface area contributed by atoms with Crippen LogP contribution in [-0.2, 0) is 0 Å². The molecular formula is C17H18O2. The molecule has 0 N–H and O–H groups in total. The molecule has 0 aliphatic heterocycles. The maximum absolute atomic E-state index is 11.0. The molecule has 2 nitrogen and oxygen atoms in total. The van der Waals surface area contributed by atoms with Crippen molar-refractivity contribution in [1.82, 2.24) is 0 Å². The molecule has 0 radical (unpaired) electrons. The van der Waals surface area contributed by atoms with E-state index in [2.05, 4.69) is 6.07 Å². The SMILES string of the molecule is Cc1ccc(C)c(OC(C)c2ccccc2C=O)c1. The zero-order chi connectivity index (χ0) is 13.8. The highest BCUT2D eigenvalue weighted by Gasteiger charge is 2.12. The first-order chi connectivity index (χ1) is 9.11. The van der Waals surface area contributed by atoms with E-state index in [0.29, 0.717) is 5.56 Å². The van der Waals surface area contributed by atoms with Gasteiger partial charge in [-0.2, -0.15) is 0 Å². The lowest BCUT2D eigenvalue weighted by Gasteiger charge is -2.18. The summed E-state index contributed by atoms with van der Waals surface area (Å²) in [5, 5.41) is 0. The Labute approximate surface area is 114 Å². The summed E-state index contributed by atoms with van der Waals surface area (Å²) in [6, 6.07) is 13.7. The van der Waals surface area contributed by atoms with Crippen LogP contribution < -0.4 is 4.74 Å². The Bertz CT molecular complexity index is 588. The van der Waals surface area contributed by atoms with Crippen molar-refractivity contribution in [2.45, 2.75) is 26.9 Å². The average molecular weight is 254 g/mol. The maximum Gasteiger partial charge on any atom is 0.150 e. The number of rotatable bonds is 4. The highest BCUT2D eigenvalue weighted by molar-refractivity contribution is 5.77. The van der Waals surface area contributed by atoms with E-state index < -0.39 is 0 Å². The molecule has 0 saturated carbocycles. The lowest BCUT2D eigenvalue weighted by atomic mass is 10.0. The molecule has 0 spiro atoms. The minimum absolute atomic E-state index is 0.151. The van der Waals surface area contributed by atoms with Crippen molar-refractivity contribution in [3.63, 3.8) is 0 Å². The Kier molecular flexibility index (Phi) is 4.00. The summed E-state index contributed by atoms with van der Waals surface area (Å²) in [4.78, 5) is 11.0. The smallest absolute Gasteiger partial charge is 0.150 e. The van der Waals surface area contributed by atoms with Gasteiger partial charge in [-0.25, -0.2) is 0 Å². The molecule has 0 bridgehead atoms. The summed E-state index contributed by atoms with van der Waals surface area (Å²) in [7, 11) is 0. The van der Waals surface area contributed by atoms with Crippen LogP contribution in [0.4, 0.5) is 0 Å². The van der Waals surface area contributed by atoms with Gasteiger partial charge in [0.1, 0.15) is 18.1 Å². The van der Waals surface area contributed by atoms with Crippen LogP contribution in [-0.4, -0.2) is 6.29 Å². The monoisotopic (exact) mass is 254 g/mol. The number of carbonyl (C=O) groups excluding carboxylic acids is 1. The van der Waals surface area contributed by atoms with Crippen molar-refractivity contribution < 1.29 is 9.53 Å². The van der Waals surface area contributed by atoms with Gasteiger partial charge in [-0.3, -0.25) is 4.79 Å². The maximum atomic E-state index is 11.0. The number of aryl methyl sites for hydroxylation is 2. The van der Waals surface area contributed by atoms with Crippen LogP contribution in [0.5, 0.6) is 5.75 Å². The highest BCUT2D eigenvalue weighted by Crippen LogP contribution is 2.27. The first kappa shape index (κ1) is 13.3. The molecule has 2 aromatic rings. The van der Waals surface area contributed by atoms with Gasteiger partial charge in [0.25, 0.3) is 0 Å². The molecule has 0 fully saturated rings. The molecule has 0 aliphatic carbocycles. The molecule has 0 heterocycles. The molecule has 0 amide bonds. The Hall–Kier alpha value is -2.09. The number of benzene rings is 2. The summed E-state index contributed by atoms with van der Waals surface area (Å²) >= 11 is 0. The van der Waals surface area contributed by atoms with Gasteiger partial charge in [0.05, 0.1) is 0 Å². The van der Waals surface area contributed by atoms with E-state index in [4.69, 9.17) is 4.74 Å². The molecule has 0 aliphatic rings. The second-order valence-electron chi connectivity index (χ2n) is 4.78. The van der Waals surface area contributed by atoms with Gasteiger partial charge in [-0.15, -0.1) is 0 Å². The lowest BCUT2D eigenvalue weighted by molar-refractivity contribution is 0.111. The highest BCUT2D eigenvalue weighted by atomic mass is 16.5. The molecule has 2 rings (SSSR count). The minimum Gasteiger partial charge on any atom is -0.486 e. The quantitative estimate of drug-likeness (QED) is 0.762. The van der Waals surface area contributed by atoms with Crippen molar-refractivity contribution in [1.29, 1.82) is 0 Å². The number of aldehydes is 1. The lowest BCUT2D eigenvalue weighted by Crippen LogP contribution is -2.07. The van der Waals surface area contributed by atoms with Crippen LogP contribution in [0, 0.1) is 13.8 Å². The predicted octanol–water partition coefficient (Wildman–Crippen LogP) is 4.26. The number of hydrogen-bond donors (Lipinski definition) is 0. The molecule has 98 valence electrons. The van der Waals surface area contributed by atoms with Gasteiger partial charge >= 0.3 is 0 Å². The average Bonchev–Trinajstić information content (AvgIpc) is 2.42. The van der Waals surface area contributed by atoms with Gasteiger partial charge in [0, 0.05) is 11.1 Å². The van der Waals surface area contributed by atoms with E-state index in [9.17, 15) is 4.79 Å². The van der Waals surface area contributed by atoms with Crippen LogP contribution in [0.1, 0.15) is 40.1 Å². The molecule has 0 saturated heterocycles. The zero-order valence-electron chi connectivity index (χ0n) is 11.5. The van der Waals surface area contributed by atoms with Crippen LogP contribution in [0.3, 0.4) is 0 Å². The van der Waals surface area contributed by atoms with E-state index >= 15 is 0 Å². The van der Waals surface area contributed by atoms with Gasteiger partial charge in [0.15, 0.2) is 0 Å². The van der Waals surface area contributed by atoms with Crippen molar-refractivity contribution in [2.75, 3.05) is 0 Å². The first-order valence-electron chi connectivity index (χ1n) is 6.40. The molecule has 0 aromatic heterocycles. The van der Waals surface area contributed by atoms with Crippen LogP contribution in [0.25, 0.3) is 0 Å². The van der Waals surface area contributed by atoms with E-state index in [1.165, 1.54) is 0 Å². The third kappa shape index (κ3) is 3.02. The van der Waals surface area contributed by atoms with Crippen molar-refractivity contribution >= 4 is 6.29 Å². The minimum atomic E-state index is -0.151. The van der Waals surface area contributed by atoms with Gasteiger partial charge in [0.2, 0.25) is 0 Å². The Morgan fingerprint density at radius 1 is 1.11 bits per heavy atom. The topological polar surface area (TPSA) is 26.3 Å². The van der Waals surface area contributed by atoms with Crippen LogP contribution in [0.15, 0.2) is 42.5 Å². The van der Waals surface area contributed by atoms with Gasteiger partial charge in [-0.05, 0) is 38.0 Å². The summed E-state index contributed by atoms with van der Waals surface area (Å²) in [5.41, 5.74) is 3.86. The van der Waals surface area contributed by atoms with Crippen molar-refractivity contribution in [2.24, 2.45) is 0 Å². The number of hydrogen-bond acceptors (Lipinski definition) is 2. The summed E-state index contributed by atoms with van der Waals surface area (Å²) in [5.74, 6) is 0.869. The van der Waals surface area contributed by atoms with E-state index in [1.54, 1.807) is 0 Å². The van der Waals surface area contributed by atoms with E-state index in [-0.39, 0.29) is 6.10 Å². The molecule has 2 aromatic carbocycles. The number of ether oxygens (including phenoxy) is 1. The Balaban J connectivity index is 2.28. The fourth-order valence-corrected chi connectivity index (χ4v) is 2.08. The first-order valence-corrected chi connectivity index (χ1v) is 6.40. The second kappa shape index (κ2) is 5.70. The normalized spacial score (nSPS) is 11.9. The standard InChI is InChI=1S/C17H18O2/c1-12-8-9-13(2)17(10-12)19-14(3)16-7-5-4-6-15(16)11-18/h4-11,14H,1-3H3. The predicted molar refractivity (Wildman–Crippen MR) is 76.8 cm³/mol. The third-order valence-electron chi connectivity index (χ3n) is 3.21. The summed E-state index contributed by atoms with van der Waals surface area (Å²) in [6.07, 6.45) is 0.722. The molecule has 1 atom stereocenters. The Morgan fingerprint density at radius 2 is 1.84 bits per heavy atom. The summed E-state index contributed by atoms with van der Waals surface area (Å²) in [6.45, 7) is 6.02. The van der Waals surface area contributed by atoms with Crippen LogP contribution >= 0.6 is 0 Å². The summed E-state index contributed by atoms with van der Waals surface area (Å²) < 4.78 is 6.00. The third-order valence-corrected chi connectivity index (χ3v) is 3.21. The fraction of sp³-hybridized carbons (Fsp3) is 0.235. The van der Waals surface area contributed by atoms with Crippen LogP contribution in [0.2, 0.25) is 0 Å². The number of carbonyl (C=O) groups is 1. The zero-order valence-corrected chi connectivity index (χ0v) is 11.5. The van der Waals surface area contributed by atoms with E-state index in [0.717, 1.165) is 28.7 Å². The molecular weight excluding hydrogens is 236 g/mol. The van der Waals surface area contributed by atoms with Gasteiger partial charge < -0.3 is 4.74 Å². The molecule has 2 heteroatoms. The molecule has 19 heavy (non-hydrogen) atoms. The fourth-order valence-electron chi connectivity index (χ4n) is 2.08.